The van der Waals surface area contributed by atoms with E-state index in [2.05, 4.69) is 5.32 Å². The highest BCUT2D eigenvalue weighted by molar-refractivity contribution is 7.89. The number of carbonyl (C=O) groups excluding carboxylic acids is 2. The maximum atomic E-state index is 13.5. The van der Waals surface area contributed by atoms with E-state index in [1.54, 1.807) is 17.0 Å². The molecule has 0 saturated carbocycles. The Balaban J connectivity index is 1.64. The summed E-state index contributed by atoms with van der Waals surface area (Å²) >= 11 is 0. The van der Waals surface area contributed by atoms with E-state index in [-0.39, 0.29) is 29.8 Å². The van der Waals surface area contributed by atoms with E-state index in [1.165, 1.54) is 11.2 Å². The zero-order valence-corrected chi connectivity index (χ0v) is 19.4. The second-order valence-electron chi connectivity index (χ2n) is 7.93. The summed E-state index contributed by atoms with van der Waals surface area (Å²) in [5.74, 6) is -3.03. The van der Waals surface area contributed by atoms with Crippen LogP contribution >= 0.6 is 0 Å². The van der Waals surface area contributed by atoms with Crippen LogP contribution < -0.4 is 5.32 Å². The average Bonchev–Trinajstić information content (AvgIpc) is 2.80. The SMILES string of the molecule is CCN(Cc1ccccc1NC(=O)C1CCN(S(=O)(=O)c2ccc(F)c(F)c2)CC1)C(C)=O. The molecular formula is C23H27F2N3O4S. The molecule has 33 heavy (non-hydrogen) atoms. The van der Waals surface area contributed by atoms with Crippen molar-refractivity contribution in [1.82, 2.24) is 9.21 Å². The first-order chi connectivity index (χ1) is 15.6. The first-order valence-electron chi connectivity index (χ1n) is 10.7. The number of sulfonamides is 1. The van der Waals surface area contributed by atoms with Crippen molar-refractivity contribution >= 4 is 27.5 Å². The van der Waals surface area contributed by atoms with Crippen LogP contribution in [-0.2, 0) is 26.2 Å². The molecule has 178 valence electrons. The highest BCUT2D eigenvalue weighted by Gasteiger charge is 2.32. The molecule has 10 heteroatoms. The monoisotopic (exact) mass is 479 g/mol. The summed E-state index contributed by atoms with van der Waals surface area (Å²) in [5.41, 5.74) is 1.42. The topological polar surface area (TPSA) is 86.8 Å². The fourth-order valence-electron chi connectivity index (χ4n) is 3.81. The van der Waals surface area contributed by atoms with Crippen molar-refractivity contribution < 1.29 is 26.8 Å². The fourth-order valence-corrected chi connectivity index (χ4v) is 5.29. The number of anilines is 1. The lowest BCUT2D eigenvalue weighted by molar-refractivity contribution is -0.129. The van der Waals surface area contributed by atoms with Crippen LogP contribution in [0.5, 0.6) is 0 Å². The van der Waals surface area contributed by atoms with Crippen molar-refractivity contribution in [3.8, 4) is 0 Å². The van der Waals surface area contributed by atoms with Gasteiger partial charge in [-0.15, -0.1) is 0 Å². The molecular weight excluding hydrogens is 452 g/mol. The summed E-state index contributed by atoms with van der Waals surface area (Å²) in [6.07, 6.45) is 0.594. The summed E-state index contributed by atoms with van der Waals surface area (Å²) < 4.78 is 53.3. The molecule has 1 aliphatic heterocycles. The standard InChI is InChI=1S/C23H27F2N3O4S/c1-3-27(16(2)29)15-18-6-4-5-7-22(18)26-23(30)17-10-12-28(13-11-17)33(31,32)19-8-9-20(24)21(25)14-19/h4-9,14,17H,3,10-13,15H2,1-2H3,(H,26,30). The molecule has 0 unspecified atom stereocenters. The molecule has 1 aliphatic rings. The second kappa shape index (κ2) is 10.4. The minimum Gasteiger partial charge on any atom is -0.339 e. The lowest BCUT2D eigenvalue weighted by atomic mass is 9.97. The highest BCUT2D eigenvalue weighted by atomic mass is 32.2. The predicted molar refractivity (Wildman–Crippen MR) is 120 cm³/mol. The Hall–Kier alpha value is -2.85. The van der Waals surface area contributed by atoms with Gasteiger partial charge in [-0.05, 0) is 49.6 Å². The van der Waals surface area contributed by atoms with Crippen molar-refractivity contribution in [1.29, 1.82) is 0 Å². The summed E-state index contributed by atoms with van der Waals surface area (Å²) in [5, 5.41) is 2.91. The van der Waals surface area contributed by atoms with Crippen LogP contribution in [0.3, 0.4) is 0 Å². The van der Waals surface area contributed by atoms with Gasteiger partial charge in [0.05, 0.1) is 4.90 Å². The van der Waals surface area contributed by atoms with Gasteiger partial charge in [0.2, 0.25) is 21.8 Å². The number of para-hydroxylation sites is 1. The minimum absolute atomic E-state index is 0.0618. The van der Waals surface area contributed by atoms with Gasteiger partial charge < -0.3 is 10.2 Å². The van der Waals surface area contributed by atoms with Gasteiger partial charge >= 0.3 is 0 Å². The summed E-state index contributed by atoms with van der Waals surface area (Å²) in [7, 11) is -3.98. The van der Waals surface area contributed by atoms with Gasteiger partial charge in [-0.2, -0.15) is 4.31 Å². The number of hydrogen-bond donors (Lipinski definition) is 1. The van der Waals surface area contributed by atoms with E-state index in [4.69, 9.17) is 0 Å². The van der Waals surface area contributed by atoms with Crippen LogP contribution in [-0.4, -0.2) is 49.1 Å². The van der Waals surface area contributed by atoms with E-state index in [1.807, 2.05) is 19.1 Å². The van der Waals surface area contributed by atoms with Gasteiger partial charge in [0.15, 0.2) is 11.6 Å². The number of amides is 2. The molecule has 2 aromatic rings. The number of nitrogens with zero attached hydrogens (tertiary/aromatic N) is 2. The van der Waals surface area contributed by atoms with Crippen LogP contribution in [0.2, 0.25) is 0 Å². The molecule has 0 bridgehead atoms. The van der Waals surface area contributed by atoms with E-state index >= 15 is 0 Å². The summed E-state index contributed by atoms with van der Waals surface area (Å²) in [6, 6.07) is 9.72. The van der Waals surface area contributed by atoms with E-state index in [0.717, 1.165) is 17.7 Å². The van der Waals surface area contributed by atoms with Crippen LogP contribution in [0.15, 0.2) is 47.4 Å². The van der Waals surface area contributed by atoms with E-state index < -0.39 is 27.6 Å². The molecule has 0 aromatic heterocycles. The van der Waals surface area contributed by atoms with Gasteiger partial charge in [-0.25, -0.2) is 17.2 Å². The zero-order valence-electron chi connectivity index (χ0n) is 18.6. The first-order valence-corrected chi connectivity index (χ1v) is 12.2. The molecule has 0 atom stereocenters. The molecule has 1 N–H and O–H groups in total. The van der Waals surface area contributed by atoms with Crippen LogP contribution in [0.4, 0.5) is 14.5 Å². The third-order valence-corrected chi connectivity index (χ3v) is 7.71. The van der Waals surface area contributed by atoms with E-state index in [0.29, 0.717) is 37.7 Å². The van der Waals surface area contributed by atoms with Crippen molar-refractivity contribution in [3.05, 3.63) is 59.7 Å². The molecule has 1 saturated heterocycles. The third-order valence-electron chi connectivity index (χ3n) is 5.82. The van der Waals surface area contributed by atoms with Gasteiger partial charge in [-0.3, -0.25) is 9.59 Å². The lowest BCUT2D eigenvalue weighted by Gasteiger charge is -2.30. The van der Waals surface area contributed by atoms with Crippen LogP contribution in [0.25, 0.3) is 0 Å². The fraction of sp³-hybridized carbons (Fsp3) is 0.391. The third kappa shape index (κ3) is 5.75. The number of piperidine rings is 1. The Labute approximate surface area is 192 Å². The molecule has 7 nitrogen and oxygen atoms in total. The Bertz CT molecular complexity index is 1130. The van der Waals surface area contributed by atoms with Crippen molar-refractivity contribution in [2.75, 3.05) is 25.0 Å². The number of halogens is 2. The van der Waals surface area contributed by atoms with E-state index in [9.17, 15) is 26.8 Å². The smallest absolute Gasteiger partial charge is 0.243 e. The maximum Gasteiger partial charge on any atom is 0.243 e. The largest absolute Gasteiger partial charge is 0.339 e. The molecule has 2 amide bonds. The van der Waals surface area contributed by atoms with Gasteiger partial charge in [0.25, 0.3) is 0 Å². The van der Waals surface area contributed by atoms with Crippen LogP contribution in [0.1, 0.15) is 32.3 Å². The number of benzene rings is 2. The quantitative estimate of drug-likeness (QED) is 0.660. The zero-order chi connectivity index (χ0) is 24.2. The maximum absolute atomic E-state index is 13.5. The predicted octanol–water partition coefficient (Wildman–Crippen LogP) is 3.37. The molecule has 0 radical (unpaired) electrons. The minimum atomic E-state index is -3.98. The molecule has 0 spiro atoms. The molecule has 1 fully saturated rings. The molecule has 3 rings (SSSR count). The molecule has 1 heterocycles. The Morgan fingerprint density at radius 3 is 2.36 bits per heavy atom. The highest BCUT2D eigenvalue weighted by Crippen LogP contribution is 2.26. The Kier molecular flexibility index (Phi) is 7.80. The lowest BCUT2D eigenvalue weighted by Crippen LogP contribution is -2.41. The second-order valence-corrected chi connectivity index (χ2v) is 9.87. The van der Waals surface area contributed by atoms with Gasteiger partial charge in [0.1, 0.15) is 0 Å². The Morgan fingerprint density at radius 2 is 1.76 bits per heavy atom. The van der Waals surface area contributed by atoms with Crippen molar-refractivity contribution in [2.45, 2.75) is 38.1 Å². The number of carbonyl (C=O) groups is 2. The number of nitrogens with one attached hydrogen (secondary N) is 1. The van der Waals surface area contributed by atoms with Gasteiger partial charge in [-0.1, -0.05) is 18.2 Å². The average molecular weight is 480 g/mol. The normalized spacial score (nSPS) is 15.3. The summed E-state index contributed by atoms with van der Waals surface area (Å²) in [4.78, 5) is 26.0. The van der Waals surface area contributed by atoms with Crippen molar-refractivity contribution in [2.24, 2.45) is 5.92 Å². The number of hydrogen-bond acceptors (Lipinski definition) is 4. The molecule has 0 aliphatic carbocycles. The summed E-state index contributed by atoms with van der Waals surface area (Å²) in [6.45, 7) is 4.47. The molecule has 2 aromatic carbocycles. The van der Waals surface area contributed by atoms with Crippen LogP contribution in [0, 0.1) is 17.6 Å². The first kappa shape index (κ1) is 24.8. The number of rotatable bonds is 7. The Morgan fingerprint density at radius 1 is 1.09 bits per heavy atom. The van der Waals surface area contributed by atoms with Gasteiger partial charge in [0, 0.05) is 44.7 Å². The van der Waals surface area contributed by atoms with Crippen molar-refractivity contribution in [3.63, 3.8) is 0 Å².